The van der Waals surface area contributed by atoms with Crippen LogP contribution in [0.3, 0.4) is 0 Å². The van der Waals surface area contributed by atoms with Gasteiger partial charge in [0.15, 0.2) is 17.5 Å². The normalized spacial score (nSPS) is 15.5. The second-order valence-corrected chi connectivity index (χ2v) is 17.9. The molecule has 13 rings (SSSR count). The van der Waals surface area contributed by atoms with Crippen LogP contribution in [0, 0.1) is 0 Å². The molecule has 306 valence electrons. The van der Waals surface area contributed by atoms with Gasteiger partial charge in [0.05, 0.1) is 5.41 Å². The highest BCUT2D eigenvalue weighted by molar-refractivity contribution is 5.95. The lowest BCUT2D eigenvalue weighted by Crippen LogP contribution is -2.35. The minimum Gasteiger partial charge on any atom is -0.457 e. The fraction of sp³-hybridized carbons (Fsp3) is 0.0656. The quantitative estimate of drug-likeness (QED) is 0.177. The molecule has 4 nitrogen and oxygen atoms in total. The van der Waals surface area contributed by atoms with Crippen LogP contribution in [0.4, 0.5) is 0 Å². The third kappa shape index (κ3) is 5.53. The summed E-state index contributed by atoms with van der Waals surface area (Å²) in [4.78, 5) is 15.8. The number of nitrogens with zero attached hydrogens (tertiary/aromatic N) is 3. The van der Waals surface area contributed by atoms with Gasteiger partial charge in [-0.05, 0) is 97.1 Å². The van der Waals surface area contributed by atoms with Gasteiger partial charge in [-0.15, -0.1) is 0 Å². The number of para-hydroxylation sites is 1. The Labute approximate surface area is 378 Å². The van der Waals surface area contributed by atoms with Crippen molar-refractivity contribution in [3.8, 4) is 90.2 Å². The third-order valence-electron chi connectivity index (χ3n) is 14.0. The second-order valence-electron chi connectivity index (χ2n) is 17.9. The number of ether oxygens (including phenoxy) is 1. The molecule has 2 heterocycles. The molecule has 1 aliphatic heterocycles. The summed E-state index contributed by atoms with van der Waals surface area (Å²) in [5.74, 6) is 3.55. The first-order valence-electron chi connectivity index (χ1n) is 22.3. The summed E-state index contributed by atoms with van der Waals surface area (Å²) in [6.45, 7) is 4.67. The summed E-state index contributed by atoms with van der Waals surface area (Å²) in [5.41, 5.74) is 18.3. The molecule has 65 heavy (non-hydrogen) atoms. The Morgan fingerprint density at radius 2 is 0.800 bits per heavy atom. The first-order chi connectivity index (χ1) is 32.0. The summed E-state index contributed by atoms with van der Waals surface area (Å²) in [7, 11) is 0. The molecule has 1 spiro atoms. The van der Waals surface area contributed by atoms with Crippen LogP contribution in [0.25, 0.3) is 78.7 Å². The number of fused-ring (bicyclic) bond motifs is 14. The van der Waals surface area contributed by atoms with Crippen molar-refractivity contribution in [2.24, 2.45) is 0 Å². The van der Waals surface area contributed by atoms with Crippen LogP contribution in [-0.4, -0.2) is 15.0 Å². The van der Waals surface area contributed by atoms with Crippen LogP contribution < -0.4 is 4.74 Å². The van der Waals surface area contributed by atoms with Crippen molar-refractivity contribution in [1.29, 1.82) is 0 Å². The molecule has 2 aliphatic carbocycles. The Morgan fingerprint density at radius 3 is 1.51 bits per heavy atom. The van der Waals surface area contributed by atoms with Crippen molar-refractivity contribution < 1.29 is 4.74 Å². The molecule has 0 amide bonds. The number of aromatic nitrogens is 3. The molecule has 1 aromatic heterocycles. The van der Waals surface area contributed by atoms with E-state index in [2.05, 4.69) is 202 Å². The van der Waals surface area contributed by atoms with Gasteiger partial charge in [0.25, 0.3) is 0 Å². The van der Waals surface area contributed by atoms with Gasteiger partial charge in [-0.2, -0.15) is 0 Å². The average molecular weight is 832 g/mol. The maximum absolute atomic E-state index is 7.12. The van der Waals surface area contributed by atoms with Crippen molar-refractivity contribution in [3.63, 3.8) is 0 Å². The zero-order valence-corrected chi connectivity index (χ0v) is 36.0. The molecule has 0 radical (unpaired) electrons. The van der Waals surface area contributed by atoms with Crippen LogP contribution in [0.15, 0.2) is 212 Å². The van der Waals surface area contributed by atoms with E-state index >= 15 is 0 Å². The molecule has 0 N–H and O–H groups in total. The number of hydrogen-bond acceptors (Lipinski definition) is 4. The molecule has 10 aromatic rings. The highest BCUT2D eigenvalue weighted by atomic mass is 16.5. The van der Waals surface area contributed by atoms with Crippen molar-refractivity contribution in [3.05, 3.63) is 246 Å². The lowest BCUT2D eigenvalue weighted by Gasteiger charge is -2.43. The van der Waals surface area contributed by atoms with Crippen molar-refractivity contribution in [1.82, 2.24) is 15.0 Å². The van der Waals surface area contributed by atoms with E-state index in [4.69, 9.17) is 19.7 Å². The summed E-state index contributed by atoms with van der Waals surface area (Å²) in [5, 5.41) is 0. The van der Waals surface area contributed by atoms with E-state index in [0.717, 1.165) is 61.6 Å². The molecule has 4 heteroatoms. The lowest BCUT2D eigenvalue weighted by molar-refractivity contribution is 0.433. The second kappa shape index (κ2) is 14.2. The van der Waals surface area contributed by atoms with Crippen molar-refractivity contribution in [2.45, 2.75) is 24.7 Å². The largest absolute Gasteiger partial charge is 0.457 e. The van der Waals surface area contributed by atoms with E-state index in [0.29, 0.717) is 17.5 Å². The smallest absolute Gasteiger partial charge is 0.164 e. The molecule has 0 bridgehead atoms. The maximum Gasteiger partial charge on any atom is 0.164 e. The van der Waals surface area contributed by atoms with E-state index in [1.54, 1.807) is 0 Å². The average Bonchev–Trinajstić information content (AvgIpc) is 3.53. The summed E-state index contributed by atoms with van der Waals surface area (Å²) in [6.07, 6.45) is 0. The van der Waals surface area contributed by atoms with Gasteiger partial charge in [0.2, 0.25) is 0 Å². The summed E-state index contributed by atoms with van der Waals surface area (Å²) < 4.78 is 7.12. The molecule has 0 saturated heterocycles. The summed E-state index contributed by atoms with van der Waals surface area (Å²) in [6, 6.07) is 76.2. The molecule has 9 aromatic carbocycles. The van der Waals surface area contributed by atoms with E-state index < -0.39 is 5.41 Å². The van der Waals surface area contributed by atoms with Crippen LogP contribution in [0.2, 0.25) is 0 Å². The first kappa shape index (κ1) is 37.4. The Balaban J connectivity index is 1.12. The molecular formula is C61H41N3O. The monoisotopic (exact) mass is 831 g/mol. The van der Waals surface area contributed by atoms with Gasteiger partial charge in [-0.1, -0.05) is 196 Å². The Morgan fingerprint density at radius 1 is 0.292 bits per heavy atom. The zero-order valence-electron chi connectivity index (χ0n) is 36.0. The van der Waals surface area contributed by atoms with Crippen LogP contribution in [0.5, 0.6) is 11.5 Å². The number of benzene rings is 9. The number of rotatable bonds is 4. The van der Waals surface area contributed by atoms with E-state index in [1.165, 1.54) is 44.5 Å². The van der Waals surface area contributed by atoms with Crippen LogP contribution in [-0.2, 0) is 10.8 Å². The Kier molecular flexibility index (Phi) is 8.13. The molecule has 3 aliphatic rings. The first-order valence-corrected chi connectivity index (χ1v) is 22.3. The maximum atomic E-state index is 7.12. The van der Waals surface area contributed by atoms with Crippen LogP contribution >= 0.6 is 0 Å². The molecule has 0 saturated carbocycles. The SMILES string of the molecule is CC1(C)c2ccccc2-c2cc3c(cc21)Oc1ccccc1C31c2ccccc2-c2ccccc2-c2ccc(-c3nc(-c4ccccc4)nc(-c4cccc(-c5ccccc5)c4)n3)cc21. The third-order valence-corrected chi connectivity index (χ3v) is 14.0. The lowest BCUT2D eigenvalue weighted by atomic mass is 9.61. The van der Waals surface area contributed by atoms with Gasteiger partial charge in [-0.3, -0.25) is 0 Å². The topological polar surface area (TPSA) is 47.9 Å². The minimum absolute atomic E-state index is 0.204. The number of hydrogen-bond donors (Lipinski definition) is 0. The fourth-order valence-electron chi connectivity index (χ4n) is 11.0. The molecule has 1 atom stereocenters. The van der Waals surface area contributed by atoms with Gasteiger partial charge < -0.3 is 4.74 Å². The van der Waals surface area contributed by atoms with E-state index in [-0.39, 0.29) is 5.41 Å². The van der Waals surface area contributed by atoms with Gasteiger partial charge in [0.1, 0.15) is 11.5 Å². The zero-order chi connectivity index (χ0) is 43.3. The molecule has 1 unspecified atom stereocenters. The Bertz CT molecular complexity index is 3560. The minimum atomic E-state index is -0.816. The Hall–Kier alpha value is -8.21. The predicted molar refractivity (Wildman–Crippen MR) is 262 cm³/mol. The van der Waals surface area contributed by atoms with E-state index in [9.17, 15) is 0 Å². The molecular weight excluding hydrogens is 791 g/mol. The van der Waals surface area contributed by atoms with E-state index in [1.807, 2.05) is 24.3 Å². The van der Waals surface area contributed by atoms with Crippen LogP contribution in [0.1, 0.15) is 47.2 Å². The van der Waals surface area contributed by atoms with Gasteiger partial charge in [-0.25, -0.2) is 15.0 Å². The van der Waals surface area contributed by atoms with Crippen molar-refractivity contribution in [2.75, 3.05) is 0 Å². The highest BCUT2D eigenvalue weighted by Crippen LogP contribution is 2.63. The molecule has 0 fully saturated rings. The summed E-state index contributed by atoms with van der Waals surface area (Å²) >= 11 is 0. The highest BCUT2D eigenvalue weighted by Gasteiger charge is 2.51. The fourth-order valence-corrected chi connectivity index (χ4v) is 11.0. The van der Waals surface area contributed by atoms with Gasteiger partial charge >= 0.3 is 0 Å². The van der Waals surface area contributed by atoms with Crippen molar-refractivity contribution >= 4 is 0 Å². The standard InChI is InChI=1S/C61H41N3O/c1-60(2)49-28-13-11-27-46(49)48-36-54-56(37-52(48)60)65-55-31-16-15-30-51(55)61(54)50-29-14-12-26-45(50)43-24-9-10-25-44(43)47-33-32-42(35-53(47)61)59-63-57(39-20-7-4-8-21-39)62-58(64-59)41-23-17-22-40(34-41)38-18-5-3-6-19-38/h3-37H,1-2H3. The van der Waals surface area contributed by atoms with Gasteiger partial charge in [0, 0.05) is 33.2 Å². The predicted octanol–water partition coefficient (Wildman–Crippen LogP) is 15.0.